The SMILES string of the molecule is CCC/C=C\C/C=C\CCCCCCCCOCC(COP(=O)([O-])OCC[N+](C)(C)C)OC(=O)CCCCCCC/C=C\C/C=C\CCCCC. The summed E-state index contributed by atoms with van der Waals surface area (Å²) in [5.74, 6) is -0.354. The number of ether oxygens (including phenoxy) is 2. The van der Waals surface area contributed by atoms with Gasteiger partial charge in [-0.15, -0.1) is 0 Å². The second-order valence-electron chi connectivity index (χ2n) is 14.6. The van der Waals surface area contributed by atoms with Crippen LogP contribution in [-0.2, 0) is 27.9 Å². The van der Waals surface area contributed by atoms with Crippen molar-refractivity contribution in [2.75, 3.05) is 54.1 Å². The van der Waals surface area contributed by atoms with Crippen molar-refractivity contribution in [2.45, 2.75) is 161 Å². The minimum atomic E-state index is -4.53. The normalized spacial score (nSPS) is 14.4. The van der Waals surface area contributed by atoms with Gasteiger partial charge in [0.25, 0.3) is 7.82 Å². The zero-order chi connectivity index (χ0) is 37.7. The number of esters is 1. The average Bonchev–Trinajstić information content (AvgIpc) is 3.08. The lowest BCUT2D eigenvalue weighted by atomic mass is 10.1. The first kappa shape index (κ1) is 49.5. The summed E-state index contributed by atoms with van der Waals surface area (Å²) in [6, 6.07) is 0. The van der Waals surface area contributed by atoms with Gasteiger partial charge in [-0.2, -0.15) is 0 Å². The molecule has 2 unspecified atom stereocenters. The first-order valence-corrected chi connectivity index (χ1v) is 21.8. The molecule has 0 aliphatic heterocycles. The van der Waals surface area contributed by atoms with Gasteiger partial charge in [0, 0.05) is 13.0 Å². The molecule has 0 radical (unpaired) electrons. The topological polar surface area (TPSA) is 94.1 Å². The van der Waals surface area contributed by atoms with Crippen molar-refractivity contribution in [3.63, 3.8) is 0 Å². The Hall–Kier alpha value is -1.54. The van der Waals surface area contributed by atoms with E-state index in [0.717, 1.165) is 83.5 Å². The minimum Gasteiger partial charge on any atom is -0.756 e. The number of hydrogen-bond donors (Lipinski definition) is 0. The molecule has 0 fully saturated rings. The maximum absolute atomic E-state index is 12.6. The first-order chi connectivity index (χ1) is 24.6. The summed E-state index contributed by atoms with van der Waals surface area (Å²) in [4.78, 5) is 25.0. The monoisotopic (exact) mass is 740 g/mol. The molecule has 298 valence electrons. The van der Waals surface area contributed by atoms with Crippen molar-refractivity contribution in [1.82, 2.24) is 0 Å². The first-order valence-electron chi connectivity index (χ1n) is 20.4. The third-order valence-corrected chi connectivity index (χ3v) is 9.30. The van der Waals surface area contributed by atoms with Crippen LogP contribution in [0.3, 0.4) is 0 Å². The highest BCUT2D eigenvalue weighted by molar-refractivity contribution is 7.45. The van der Waals surface area contributed by atoms with Crippen molar-refractivity contribution in [3.05, 3.63) is 48.6 Å². The van der Waals surface area contributed by atoms with Gasteiger partial charge in [0.1, 0.15) is 19.3 Å². The van der Waals surface area contributed by atoms with E-state index < -0.39 is 13.9 Å². The molecular formula is C42H78NO7P. The summed E-state index contributed by atoms with van der Waals surface area (Å²) >= 11 is 0. The molecule has 0 amide bonds. The summed E-state index contributed by atoms with van der Waals surface area (Å²) in [5.41, 5.74) is 0. The van der Waals surface area contributed by atoms with Gasteiger partial charge < -0.3 is 27.9 Å². The molecule has 0 saturated carbocycles. The number of carbonyl (C=O) groups is 1. The van der Waals surface area contributed by atoms with Gasteiger partial charge in [-0.05, 0) is 70.6 Å². The number of nitrogens with zero attached hydrogens (tertiary/aromatic N) is 1. The molecule has 0 saturated heterocycles. The minimum absolute atomic E-state index is 0.0193. The largest absolute Gasteiger partial charge is 0.756 e. The van der Waals surface area contributed by atoms with E-state index >= 15 is 0 Å². The lowest BCUT2D eigenvalue weighted by molar-refractivity contribution is -0.870. The lowest BCUT2D eigenvalue weighted by Gasteiger charge is -2.28. The fourth-order valence-corrected chi connectivity index (χ4v) is 5.87. The van der Waals surface area contributed by atoms with E-state index in [-0.39, 0.29) is 25.8 Å². The third kappa shape index (κ3) is 39.5. The Morgan fingerprint density at radius 1 is 0.608 bits per heavy atom. The van der Waals surface area contributed by atoms with Crippen LogP contribution in [-0.4, -0.2) is 70.7 Å². The quantitative estimate of drug-likeness (QED) is 0.0206. The van der Waals surface area contributed by atoms with Crippen LogP contribution in [0.4, 0.5) is 0 Å². The molecule has 51 heavy (non-hydrogen) atoms. The number of phosphoric acid groups is 1. The van der Waals surface area contributed by atoms with Gasteiger partial charge in [0.15, 0.2) is 0 Å². The maximum atomic E-state index is 12.6. The summed E-state index contributed by atoms with van der Waals surface area (Å²) in [5, 5.41) is 0. The van der Waals surface area contributed by atoms with Gasteiger partial charge in [0.2, 0.25) is 0 Å². The maximum Gasteiger partial charge on any atom is 0.306 e. The van der Waals surface area contributed by atoms with Crippen molar-refractivity contribution in [2.24, 2.45) is 0 Å². The number of likely N-dealkylation sites (N-methyl/N-ethyl adjacent to an activating group) is 1. The Morgan fingerprint density at radius 2 is 1.12 bits per heavy atom. The molecule has 9 heteroatoms. The van der Waals surface area contributed by atoms with E-state index in [4.69, 9.17) is 18.5 Å². The van der Waals surface area contributed by atoms with Crippen molar-refractivity contribution in [1.29, 1.82) is 0 Å². The van der Waals surface area contributed by atoms with Gasteiger partial charge in [0.05, 0.1) is 34.4 Å². The third-order valence-electron chi connectivity index (χ3n) is 8.33. The number of allylic oxidation sites excluding steroid dienone is 8. The van der Waals surface area contributed by atoms with Crippen LogP contribution < -0.4 is 4.89 Å². The molecule has 8 nitrogen and oxygen atoms in total. The Balaban J connectivity index is 4.33. The Bertz CT molecular complexity index is 957. The highest BCUT2D eigenvalue weighted by Gasteiger charge is 2.20. The molecule has 0 bridgehead atoms. The number of quaternary nitrogens is 1. The molecule has 0 rings (SSSR count). The molecule has 0 spiro atoms. The average molecular weight is 740 g/mol. The molecule has 0 aromatic carbocycles. The van der Waals surface area contributed by atoms with Crippen LogP contribution in [0.25, 0.3) is 0 Å². The highest BCUT2D eigenvalue weighted by Crippen LogP contribution is 2.38. The van der Waals surface area contributed by atoms with E-state index in [9.17, 15) is 14.3 Å². The zero-order valence-corrected chi connectivity index (χ0v) is 34.4. The van der Waals surface area contributed by atoms with E-state index in [1.165, 1.54) is 51.4 Å². The van der Waals surface area contributed by atoms with Gasteiger partial charge >= 0.3 is 5.97 Å². The summed E-state index contributed by atoms with van der Waals surface area (Å²) < 4.78 is 34.5. The number of phosphoric ester groups is 1. The highest BCUT2D eigenvalue weighted by atomic mass is 31.2. The van der Waals surface area contributed by atoms with Crippen LogP contribution in [0.1, 0.15) is 155 Å². The molecule has 0 aliphatic carbocycles. The Kier molecular flexibility index (Phi) is 34.4. The van der Waals surface area contributed by atoms with Gasteiger partial charge in [-0.25, -0.2) is 0 Å². The van der Waals surface area contributed by atoms with E-state index in [1.54, 1.807) is 0 Å². The van der Waals surface area contributed by atoms with Crippen LogP contribution in [0.15, 0.2) is 48.6 Å². The molecular weight excluding hydrogens is 661 g/mol. The number of carbonyl (C=O) groups excluding carboxylic acids is 1. The van der Waals surface area contributed by atoms with Gasteiger partial charge in [-0.1, -0.05) is 127 Å². The molecule has 0 heterocycles. The molecule has 2 atom stereocenters. The summed E-state index contributed by atoms with van der Waals surface area (Å²) in [6.45, 7) is 5.26. The summed E-state index contributed by atoms with van der Waals surface area (Å²) in [7, 11) is 1.33. The van der Waals surface area contributed by atoms with Crippen molar-refractivity contribution in [3.8, 4) is 0 Å². The Labute approximate surface area is 314 Å². The van der Waals surface area contributed by atoms with Crippen molar-refractivity contribution >= 4 is 13.8 Å². The van der Waals surface area contributed by atoms with Crippen molar-refractivity contribution < 1.29 is 37.3 Å². The van der Waals surface area contributed by atoms with Crippen LogP contribution in [0.2, 0.25) is 0 Å². The molecule has 0 aromatic heterocycles. The Morgan fingerprint density at radius 3 is 1.67 bits per heavy atom. The van der Waals surface area contributed by atoms with E-state index in [2.05, 4.69) is 62.5 Å². The number of rotatable bonds is 37. The predicted octanol–water partition coefficient (Wildman–Crippen LogP) is 11.0. The van der Waals surface area contributed by atoms with E-state index in [1.807, 2.05) is 21.1 Å². The number of hydrogen-bond acceptors (Lipinski definition) is 7. The standard InChI is InChI=1S/C42H78NO7P/c1-6-8-10-12-14-16-18-20-22-23-25-27-29-31-33-35-42(44)50-41(40-49-51(45,46)48-38-36-43(3,4)5)39-47-37-34-32-30-28-26-24-21-19-17-15-13-11-9-7-2/h11,13-14,16-17,19-20,22,41H,6-10,12,15,18,21,23-40H2,1-5H3/b13-11-,16-14-,19-17-,22-20-. The lowest BCUT2D eigenvalue weighted by Crippen LogP contribution is -2.37. The second kappa shape index (κ2) is 35.5. The fraction of sp³-hybridized carbons (Fsp3) is 0.786. The molecule has 0 N–H and O–H groups in total. The summed E-state index contributed by atoms with van der Waals surface area (Å²) in [6.07, 6.45) is 41.1. The fourth-order valence-electron chi connectivity index (χ4n) is 5.14. The number of unbranched alkanes of at least 4 members (excludes halogenated alkanes) is 15. The van der Waals surface area contributed by atoms with Crippen LogP contribution in [0, 0.1) is 0 Å². The molecule has 0 aromatic rings. The van der Waals surface area contributed by atoms with Crippen LogP contribution in [0.5, 0.6) is 0 Å². The zero-order valence-electron chi connectivity index (χ0n) is 33.5. The second-order valence-corrected chi connectivity index (χ2v) is 16.0. The smallest absolute Gasteiger partial charge is 0.306 e. The predicted molar refractivity (Wildman–Crippen MR) is 213 cm³/mol. The molecule has 0 aliphatic rings. The van der Waals surface area contributed by atoms with E-state index in [0.29, 0.717) is 24.1 Å². The van der Waals surface area contributed by atoms with Crippen LogP contribution >= 0.6 is 7.82 Å². The van der Waals surface area contributed by atoms with Gasteiger partial charge in [-0.3, -0.25) is 9.36 Å².